The molecule has 7 heteroatoms. The Balaban J connectivity index is 2.42. The molecule has 0 bridgehead atoms. The first kappa shape index (κ1) is 18.3. The molecule has 0 unspecified atom stereocenters. The Morgan fingerprint density at radius 2 is 1.91 bits per heavy atom. The van der Waals surface area contributed by atoms with Gasteiger partial charge in [-0.1, -0.05) is 6.08 Å². The van der Waals surface area contributed by atoms with E-state index in [4.69, 9.17) is 9.84 Å². The summed E-state index contributed by atoms with van der Waals surface area (Å²) in [7, 11) is 3.27. The molecule has 0 aliphatic rings. The van der Waals surface area contributed by atoms with E-state index in [9.17, 15) is 9.59 Å². The topological polar surface area (TPSA) is 70.1 Å². The van der Waals surface area contributed by atoms with Gasteiger partial charge in [-0.25, -0.2) is 4.79 Å². The van der Waals surface area contributed by atoms with Crippen molar-refractivity contribution < 1.29 is 19.4 Å². The van der Waals surface area contributed by atoms with Crippen molar-refractivity contribution in [1.82, 2.24) is 9.80 Å². The predicted molar refractivity (Wildman–Crippen MR) is 92.1 cm³/mol. The first-order chi connectivity index (χ1) is 10.4. The van der Waals surface area contributed by atoms with Crippen LogP contribution in [0.4, 0.5) is 4.79 Å². The SMILES string of the molecule is CN(C)C(=O)C=CCN(CCOc1ccc(I)cc1)C(=O)O. The zero-order chi connectivity index (χ0) is 16.5. The summed E-state index contributed by atoms with van der Waals surface area (Å²) in [4.78, 5) is 25.1. The number of carbonyl (C=O) groups is 2. The maximum atomic E-state index is 11.4. The van der Waals surface area contributed by atoms with Crippen LogP contribution in [-0.4, -0.2) is 60.7 Å². The van der Waals surface area contributed by atoms with Crippen molar-refractivity contribution >= 4 is 34.6 Å². The molecule has 2 amide bonds. The largest absolute Gasteiger partial charge is 0.492 e. The third kappa shape index (κ3) is 6.79. The molecule has 1 N–H and O–H groups in total. The molecule has 0 aromatic heterocycles. The quantitative estimate of drug-likeness (QED) is 0.545. The average Bonchev–Trinajstić information content (AvgIpc) is 2.47. The van der Waals surface area contributed by atoms with E-state index in [0.29, 0.717) is 5.75 Å². The lowest BCUT2D eigenvalue weighted by atomic mass is 10.3. The van der Waals surface area contributed by atoms with Crippen LogP contribution in [-0.2, 0) is 4.79 Å². The summed E-state index contributed by atoms with van der Waals surface area (Å²) >= 11 is 2.20. The summed E-state index contributed by atoms with van der Waals surface area (Å²) in [5.41, 5.74) is 0. The minimum atomic E-state index is -1.05. The Labute approximate surface area is 143 Å². The van der Waals surface area contributed by atoms with Crippen LogP contribution < -0.4 is 4.74 Å². The van der Waals surface area contributed by atoms with Crippen LogP contribution in [0.5, 0.6) is 5.75 Å². The molecule has 0 heterocycles. The molecular formula is C15H19IN2O4. The number of ether oxygens (including phenoxy) is 1. The number of likely N-dealkylation sites (N-methyl/N-ethyl adjacent to an activating group) is 1. The molecule has 120 valence electrons. The number of amides is 2. The molecule has 0 aliphatic heterocycles. The van der Waals surface area contributed by atoms with E-state index in [-0.39, 0.29) is 25.6 Å². The van der Waals surface area contributed by atoms with Gasteiger partial charge >= 0.3 is 6.09 Å². The van der Waals surface area contributed by atoms with E-state index >= 15 is 0 Å². The number of benzene rings is 1. The second-order valence-corrected chi connectivity index (χ2v) is 5.91. The average molecular weight is 418 g/mol. The lowest BCUT2D eigenvalue weighted by molar-refractivity contribution is -0.123. The van der Waals surface area contributed by atoms with Gasteiger partial charge in [0.2, 0.25) is 5.91 Å². The molecule has 0 radical (unpaired) electrons. The zero-order valence-corrected chi connectivity index (χ0v) is 14.7. The van der Waals surface area contributed by atoms with Crippen LogP contribution >= 0.6 is 22.6 Å². The lowest BCUT2D eigenvalue weighted by Gasteiger charge is -2.17. The van der Waals surface area contributed by atoms with Gasteiger partial charge in [-0.05, 0) is 46.9 Å². The zero-order valence-electron chi connectivity index (χ0n) is 12.5. The van der Waals surface area contributed by atoms with Gasteiger partial charge in [-0.2, -0.15) is 0 Å². The van der Waals surface area contributed by atoms with Crippen molar-refractivity contribution in [3.8, 4) is 5.75 Å². The van der Waals surface area contributed by atoms with Crippen molar-refractivity contribution in [2.75, 3.05) is 33.8 Å². The molecule has 0 saturated carbocycles. The molecule has 0 atom stereocenters. The van der Waals surface area contributed by atoms with Crippen LogP contribution in [0.2, 0.25) is 0 Å². The molecule has 6 nitrogen and oxygen atoms in total. The number of hydrogen-bond donors (Lipinski definition) is 1. The minimum Gasteiger partial charge on any atom is -0.492 e. The molecule has 22 heavy (non-hydrogen) atoms. The minimum absolute atomic E-state index is 0.144. The lowest BCUT2D eigenvalue weighted by Crippen LogP contribution is -2.33. The Hall–Kier alpha value is -1.77. The van der Waals surface area contributed by atoms with Crippen molar-refractivity contribution in [2.24, 2.45) is 0 Å². The highest BCUT2D eigenvalue weighted by Crippen LogP contribution is 2.13. The first-order valence-electron chi connectivity index (χ1n) is 6.64. The Kier molecular flexibility index (Phi) is 7.72. The number of hydrogen-bond acceptors (Lipinski definition) is 3. The smallest absolute Gasteiger partial charge is 0.407 e. The van der Waals surface area contributed by atoms with Crippen LogP contribution in [0.25, 0.3) is 0 Å². The van der Waals surface area contributed by atoms with Crippen LogP contribution in [0.3, 0.4) is 0 Å². The fourth-order valence-corrected chi connectivity index (χ4v) is 1.86. The van der Waals surface area contributed by atoms with Gasteiger partial charge in [0, 0.05) is 30.3 Å². The Morgan fingerprint density at radius 1 is 1.27 bits per heavy atom. The van der Waals surface area contributed by atoms with Crippen molar-refractivity contribution in [3.05, 3.63) is 40.0 Å². The highest BCUT2D eigenvalue weighted by Gasteiger charge is 2.10. The van der Waals surface area contributed by atoms with Gasteiger partial charge < -0.3 is 19.6 Å². The normalized spacial score (nSPS) is 10.5. The molecule has 0 fully saturated rings. The van der Waals surface area contributed by atoms with Crippen molar-refractivity contribution in [1.29, 1.82) is 0 Å². The summed E-state index contributed by atoms with van der Waals surface area (Å²) in [6.07, 6.45) is 1.84. The third-order valence-electron chi connectivity index (χ3n) is 2.74. The second-order valence-electron chi connectivity index (χ2n) is 4.67. The highest BCUT2D eigenvalue weighted by molar-refractivity contribution is 14.1. The molecule has 0 aliphatic carbocycles. The maximum absolute atomic E-state index is 11.4. The summed E-state index contributed by atoms with van der Waals surface area (Å²) in [5, 5.41) is 9.12. The van der Waals surface area contributed by atoms with Gasteiger partial charge in [0.05, 0.1) is 6.54 Å². The summed E-state index contributed by atoms with van der Waals surface area (Å²) in [6.45, 7) is 0.620. The van der Waals surface area contributed by atoms with Gasteiger partial charge in [0.1, 0.15) is 12.4 Å². The summed E-state index contributed by atoms with van der Waals surface area (Å²) in [6, 6.07) is 7.51. The van der Waals surface area contributed by atoms with E-state index in [0.717, 1.165) is 3.57 Å². The Bertz CT molecular complexity index is 529. The van der Waals surface area contributed by atoms with E-state index < -0.39 is 6.09 Å². The van der Waals surface area contributed by atoms with Crippen LogP contribution in [0.15, 0.2) is 36.4 Å². The molecule has 1 aromatic rings. The van der Waals surface area contributed by atoms with Crippen molar-refractivity contribution in [3.63, 3.8) is 0 Å². The number of rotatable bonds is 7. The Morgan fingerprint density at radius 3 is 2.45 bits per heavy atom. The van der Waals surface area contributed by atoms with E-state index in [2.05, 4.69) is 22.6 Å². The molecule has 1 aromatic carbocycles. The van der Waals surface area contributed by atoms with Gasteiger partial charge in [0.15, 0.2) is 0 Å². The monoisotopic (exact) mass is 418 g/mol. The number of carboxylic acid groups (broad SMARTS) is 1. The first-order valence-corrected chi connectivity index (χ1v) is 7.72. The van der Waals surface area contributed by atoms with Crippen molar-refractivity contribution in [2.45, 2.75) is 0 Å². The molecule has 0 spiro atoms. The van der Waals surface area contributed by atoms with E-state index in [1.54, 1.807) is 14.1 Å². The van der Waals surface area contributed by atoms with Gasteiger partial charge in [0.25, 0.3) is 0 Å². The van der Waals surface area contributed by atoms with Gasteiger partial charge in [-0.15, -0.1) is 0 Å². The summed E-state index contributed by atoms with van der Waals surface area (Å²) < 4.78 is 6.60. The number of halogens is 1. The fourth-order valence-electron chi connectivity index (χ4n) is 1.50. The fraction of sp³-hybridized carbons (Fsp3) is 0.333. The standard InChI is InChI=1S/C15H19IN2O4/c1-17(2)14(19)4-3-9-18(15(20)21)10-11-22-13-7-5-12(16)6-8-13/h3-8H,9-11H2,1-2H3,(H,20,21). The molecule has 0 saturated heterocycles. The number of carbonyl (C=O) groups excluding carboxylic acids is 1. The third-order valence-corrected chi connectivity index (χ3v) is 3.46. The predicted octanol–water partition coefficient (Wildman–Crippen LogP) is 2.29. The van der Waals surface area contributed by atoms with E-state index in [1.807, 2.05) is 24.3 Å². The van der Waals surface area contributed by atoms with Crippen LogP contribution in [0, 0.1) is 3.57 Å². The maximum Gasteiger partial charge on any atom is 0.407 e. The highest BCUT2D eigenvalue weighted by atomic mass is 127. The van der Waals surface area contributed by atoms with Gasteiger partial charge in [-0.3, -0.25) is 4.79 Å². The second kappa shape index (κ2) is 9.29. The summed E-state index contributed by atoms with van der Waals surface area (Å²) in [5.74, 6) is 0.518. The molecule has 1 rings (SSSR count). The number of nitrogens with zero attached hydrogens (tertiary/aromatic N) is 2. The molecular weight excluding hydrogens is 399 g/mol. The van der Waals surface area contributed by atoms with E-state index in [1.165, 1.54) is 22.0 Å². The van der Waals surface area contributed by atoms with Crippen LogP contribution in [0.1, 0.15) is 0 Å².